The van der Waals surface area contributed by atoms with Crippen LogP contribution in [0.15, 0.2) is 97.2 Å². The minimum absolute atomic E-state index is 0.0537. The topological polar surface area (TPSA) is 61.8 Å². The van der Waals surface area contributed by atoms with Gasteiger partial charge in [-0.15, -0.1) is 0 Å². The second-order valence-corrected chi connectivity index (χ2v) is 15.2. The molecule has 0 radical (unpaired) electrons. The van der Waals surface area contributed by atoms with E-state index in [2.05, 4.69) is 118 Å². The number of esters is 2. The van der Waals surface area contributed by atoms with Gasteiger partial charge in [0.1, 0.15) is 6.61 Å². The minimum atomic E-state index is -0.566. The molecule has 0 aromatic heterocycles. The Hall–Kier alpha value is -3.18. The summed E-state index contributed by atoms with van der Waals surface area (Å²) in [6.07, 6.45) is 64.1. The number of ether oxygens (including phenoxy) is 3. The quantitative estimate of drug-likeness (QED) is 0.0349. The van der Waals surface area contributed by atoms with Crippen LogP contribution < -0.4 is 0 Å². The molecule has 0 aliphatic heterocycles. The fraction of sp³-hybridized carbons (Fsp3) is 0.660. The van der Waals surface area contributed by atoms with Crippen molar-refractivity contribution in [2.75, 3.05) is 19.8 Å². The van der Waals surface area contributed by atoms with E-state index in [-0.39, 0.29) is 25.2 Å². The lowest BCUT2D eigenvalue weighted by Gasteiger charge is -2.18. The van der Waals surface area contributed by atoms with Gasteiger partial charge in [-0.1, -0.05) is 176 Å². The number of unbranched alkanes of at least 4 members (excludes halogenated alkanes) is 15. The largest absolute Gasteiger partial charge is 0.462 e. The zero-order valence-corrected chi connectivity index (χ0v) is 37.8. The van der Waals surface area contributed by atoms with Gasteiger partial charge in [0.05, 0.1) is 6.61 Å². The van der Waals surface area contributed by atoms with Gasteiger partial charge in [0.15, 0.2) is 6.10 Å². The fourth-order valence-corrected chi connectivity index (χ4v) is 6.08. The van der Waals surface area contributed by atoms with E-state index in [1.807, 2.05) is 0 Å². The van der Waals surface area contributed by atoms with Crippen LogP contribution in [0.4, 0.5) is 0 Å². The number of allylic oxidation sites excluding steroid dienone is 16. The van der Waals surface area contributed by atoms with Crippen molar-refractivity contribution in [3.8, 4) is 0 Å². The van der Waals surface area contributed by atoms with Crippen LogP contribution in [0, 0.1) is 0 Å². The molecule has 0 aromatic rings. The van der Waals surface area contributed by atoms with Gasteiger partial charge in [-0.05, 0) is 109 Å². The van der Waals surface area contributed by atoms with Crippen LogP contribution in [-0.2, 0) is 23.8 Å². The number of carbonyl (C=O) groups is 2. The van der Waals surface area contributed by atoms with Crippen molar-refractivity contribution in [1.29, 1.82) is 0 Å². The molecular formula is C53H88O5. The van der Waals surface area contributed by atoms with E-state index in [0.717, 1.165) is 116 Å². The van der Waals surface area contributed by atoms with Crippen LogP contribution in [0.5, 0.6) is 0 Å². The number of hydrogen-bond acceptors (Lipinski definition) is 5. The third kappa shape index (κ3) is 45.5. The first kappa shape index (κ1) is 54.8. The minimum Gasteiger partial charge on any atom is -0.462 e. The first-order valence-electron chi connectivity index (χ1n) is 23.8. The summed E-state index contributed by atoms with van der Waals surface area (Å²) in [5.74, 6) is -0.460. The van der Waals surface area contributed by atoms with Gasteiger partial charge >= 0.3 is 11.9 Å². The summed E-state index contributed by atoms with van der Waals surface area (Å²) in [6.45, 7) is 7.47. The summed E-state index contributed by atoms with van der Waals surface area (Å²) in [5, 5.41) is 0. The summed E-state index contributed by atoms with van der Waals surface area (Å²) in [6, 6.07) is 0. The molecule has 0 saturated heterocycles. The molecule has 5 nitrogen and oxygen atoms in total. The molecule has 1 unspecified atom stereocenters. The highest BCUT2D eigenvalue weighted by atomic mass is 16.6. The Balaban J connectivity index is 4.34. The van der Waals surface area contributed by atoms with E-state index >= 15 is 0 Å². The smallest absolute Gasteiger partial charge is 0.306 e. The molecule has 0 aliphatic carbocycles. The van der Waals surface area contributed by atoms with Crippen molar-refractivity contribution in [2.24, 2.45) is 0 Å². The van der Waals surface area contributed by atoms with Gasteiger partial charge in [-0.25, -0.2) is 0 Å². The highest BCUT2D eigenvalue weighted by Gasteiger charge is 2.17. The van der Waals surface area contributed by atoms with Crippen molar-refractivity contribution in [1.82, 2.24) is 0 Å². The van der Waals surface area contributed by atoms with E-state index in [1.54, 1.807) is 0 Å². The van der Waals surface area contributed by atoms with Crippen LogP contribution in [0.2, 0.25) is 0 Å². The van der Waals surface area contributed by atoms with E-state index in [9.17, 15) is 9.59 Å². The molecule has 0 fully saturated rings. The molecule has 1 atom stereocenters. The number of hydrogen-bond donors (Lipinski definition) is 0. The van der Waals surface area contributed by atoms with Gasteiger partial charge in [0.2, 0.25) is 0 Å². The Kier molecular flexibility index (Phi) is 45.5. The van der Waals surface area contributed by atoms with Gasteiger partial charge in [0.25, 0.3) is 0 Å². The Bertz CT molecular complexity index is 1140. The van der Waals surface area contributed by atoms with E-state index in [4.69, 9.17) is 14.2 Å². The Morgan fingerprint density at radius 2 is 0.776 bits per heavy atom. The van der Waals surface area contributed by atoms with Crippen molar-refractivity contribution in [3.05, 3.63) is 97.2 Å². The molecular weight excluding hydrogens is 717 g/mol. The van der Waals surface area contributed by atoms with Crippen LogP contribution in [-0.4, -0.2) is 37.9 Å². The van der Waals surface area contributed by atoms with Gasteiger partial charge < -0.3 is 14.2 Å². The average molecular weight is 805 g/mol. The summed E-state index contributed by atoms with van der Waals surface area (Å²) in [4.78, 5) is 25.3. The van der Waals surface area contributed by atoms with Crippen molar-refractivity contribution >= 4 is 11.9 Å². The molecule has 0 bridgehead atoms. The van der Waals surface area contributed by atoms with Crippen molar-refractivity contribution < 1.29 is 23.8 Å². The molecule has 330 valence electrons. The van der Waals surface area contributed by atoms with Crippen LogP contribution >= 0.6 is 0 Å². The van der Waals surface area contributed by atoms with Gasteiger partial charge in [-0.2, -0.15) is 0 Å². The Morgan fingerprint density at radius 3 is 1.28 bits per heavy atom. The van der Waals surface area contributed by atoms with Gasteiger partial charge in [0, 0.05) is 19.4 Å². The first-order valence-corrected chi connectivity index (χ1v) is 23.8. The molecule has 0 heterocycles. The average Bonchev–Trinajstić information content (AvgIpc) is 3.22. The van der Waals surface area contributed by atoms with Crippen LogP contribution in [0.1, 0.15) is 201 Å². The summed E-state index contributed by atoms with van der Waals surface area (Å²) >= 11 is 0. The Morgan fingerprint density at radius 1 is 0.397 bits per heavy atom. The SMILES string of the molecule is CC/C=C\C/C=C\C/C=C\C/C=C\CCCCCCCOCC(COC(=O)CCCCC/C=C\C/C=C\C/C=C\CC)OC(=O)CCCCCCC/C=C\CCCC. The van der Waals surface area contributed by atoms with E-state index < -0.39 is 6.10 Å². The van der Waals surface area contributed by atoms with Crippen molar-refractivity contribution in [2.45, 2.75) is 207 Å². The maximum absolute atomic E-state index is 12.7. The molecule has 0 aromatic carbocycles. The molecule has 0 N–H and O–H groups in total. The molecule has 0 rings (SSSR count). The summed E-state index contributed by atoms with van der Waals surface area (Å²) in [5.41, 5.74) is 0. The predicted molar refractivity (Wildman–Crippen MR) is 251 cm³/mol. The zero-order valence-electron chi connectivity index (χ0n) is 37.8. The lowest BCUT2D eigenvalue weighted by molar-refractivity contribution is -0.163. The third-order valence-corrected chi connectivity index (χ3v) is 9.58. The molecule has 0 amide bonds. The molecule has 0 aliphatic rings. The highest BCUT2D eigenvalue weighted by molar-refractivity contribution is 5.70. The summed E-state index contributed by atoms with van der Waals surface area (Å²) < 4.78 is 17.3. The number of rotatable bonds is 42. The van der Waals surface area contributed by atoms with Crippen LogP contribution in [0.25, 0.3) is 0 Å². The molecule has 58 heavy (non-hydrogen) atoms. The van der Waals surface area contributed by atoms with Crippen molar-refractivity contribution in [3.63, 3.8) is 0 Å². The monoisotopic (exact) mass is 805 g/mol. The standard InChI is InChI=1S/C53H88O5/c1-4-7-10-13-16-19-22-24-25-26-27-28-30-33-36-39-42-45-48-56-49-51(58-53(55)47-44-41-38-35-31-21-18-15-12-9-6-3)50-57-52(54)46-43-40-37-34-32-29-23-20-17-14-11-8-5-2/h7-8,10-11,15-20,24-25,27-29,32,51H,4-6,9,12-14,21-23,26,30-31,33-50H2,1-3H3/b10-7-,11-8-,18-15-,19-16-,20-17-,25-24-,28-27-,32-29-. The maximum Gasteiger partial charge on any atom is 0.306 e. The zero-order chi connectivity index (χ0) is 42.1. The second kappa shape index (κ2) is 48.2. The first-order chi connectivity index (χ1) is 28.6. The number of carbonyl (C=O) groups excluding carboxylic acids is 2. The molecule has 0 saturated carbocycles. The third-order valence-electron chi connectivity index (χ3n) is 9.58. The Labute approximate surface area is 358 Å². The van der Waals surface area contributed by atoms with E-state index in [1.165, 1.54) is 51.4 Å². The normalized spacial score (nSPS) is 13.1. The van der Waals surface area contributed by atoms with Crippen LogP contribution in [0.3, 0.4) is 0 Å². The molecule has 5 heteroatoms. The second-order valence-electron chi connectivity index (χ2n) is 15.2. The lowest BCUT2D eigenvalue weighted by atomic mass is 10.1. The van der Waals surface area contributed by atoms with E-state index in [0.29, 0.717) is 19.4 Å². The maximum atomic E-state index is 12.7. The summed E-state index contributed by atoms with van der Waals surface area (Å²) in [7, 11) is 0. The fourth-order valence-electron chi connectivity index (χ4n) is 6.08. The lowest BCUT2D eigenvalue weighted by Crippen LogP contribution is -2.30. The van der Waals surface area contributed by atoms with Gasteiger partial charge in [-0.3, -0.25) is 9.59 Å². The molecule has 0 spiro atoms. The highest BCUT2D eigenvalue weighted by Crippen LogP contribution is 2.12. The predicted octanol–water partition coefficient (Wildman–Crippen LogP) is 15.9.